The molecule has 0 aliphatic rings. The van der Waals surface area contributed by atoms with Gasteiger partial charge >= 0.3 is 0 Å². The van der Waals surface area contributed by atoms with E-state index in [9.17, 15) is 5.11 Å². The van der Waals surface area contributed by atoms with E-state index in [1.807, 2.05) is 36.5 Å². The van der Waals surface area contributed by atoms with Crippen molar-refractivity contribution in [3.8, 4) is 78.6 Å². The lowest BCUT2D eigenvalue weighted by Gasteiger charge is -2.19. The van der Waals surface area contributed by atoms with Gasteiger partial charge in [-0.1, -0.05) is 136 Å². The van der Waals surface area contributed by atoms with Gasteiger partial charge in [-0.05, 0) is 148 Å². The number of hydrogen-bond donors (Lipinski definition) is 1. The Labute approximate surface area is 364 Å². The number of phenols is 1. The highest BCUT2D eigenvalue weighted by atomic mass is 16.3. The summed E-state index contributed by atoms with van der Waals surface area (Å²) in [4.78, 5) is 10.5. The zero-order chi connectivity index (χ0) is 44.9. The topological polar surface area (TPSA) is 50.9 Å². The summed E-state index contributed by atoms with van der Waals surface area (Å²) in [5.41, 5.74) is 18.0. The maximum atomic E-state index is 12.2. The second-order valence-corrected chi connectivity index (χ2v) is 16.7. The van der Waals surface area contributed by atoms with Gasteiger partial charge in [0.1, 0.15) is 11.6 Å². The largest absolute Gasteiger partial charge is 0.507 e. The van der Waals surface area contributed by atoms with Gasteiger partial charge in [0.15, 0.2) is 0 Å². The van der Waals surface area contributed by atoms with Crippen LogP contribution in [0.1, 0.15) is 71.5 Å². The number of phenolic OH excluding ortho intramolecular Hbond substituents is 1. The van der Waals surface area contributed by atoms with Crippen LogP contribution in [0, 0.1) is 20.7 Å². The molecule has 1 N–H and O–H groups in total. The molecule has 0 bridgehead atoms. The van der Waals surface area contributed by atoms with Crippen molar-refractivity contribution in [3.63, 3.8) is 0 Å². The van der Waals surface area contributed by atoms with Crippen LogP contribution in [0.25, 0.3) is 83.9 Å². The first-order valence-corrected chi connectivity index (χ1v) is 21.1. The number of pyridine rings is 1. The number of benzene rings is 7. The second-order valence-electron chi connectivity index (χ2n) is 16.7. The standard InChI is InChI=1S/C57H51N3O/c1-35(2)44-31-50(36(3)4)56(61)52(32-44)57-59-55-49(19-14-20-54(55)60(57)48-27-38(6)39(7)51(34-48)42-17-12-9-13-18-42)46-28-45(40-15-10-8-11-16-40)29-47(30-46)53-33-43(25-26-58-53)41-23-21-37(5)22-24-41/h8-36,61H,1-7H3/i5D3. The Balaban J connectivity index is 1.30. The third kappa shape index (κ3) is 7.55. The summed E-state index contributed by atoms with van der Waals surface area (Å²) >= 11 is 0. The van der Waals surface area contributed by atoms with Crippen molar-refractivity contribution in [1.82, 2.24) is 14.5 Å². The van der Waals surface area contributed by atoms with Crippen LogP contribution in [-0.4, -0.2) is 19.6 Å². The summed E-state index contributed by atoms with van der Waals surface area (Å²) < 4.78 is 25.8. The summed E-state index contributed by atoms with van der Waals surface area (Å²) in [7, 11) is 0. The Morgan fingerprint density at radius 3 is 1.95 bits per heavy atom. The summed E-state index contributed by atoms with van der Waals surface area (Å²) in [6.07, 6.45) is 1.81. The van der Waals surface area contributed by atoms with Crippen LogP contribution in [0.3, 0.4) is 0 Å². The molecule has 9 rings (SSSR count). The first-order chi connectivity index (χ1) is 30.7. The van der Waals surface area contributed by atoms with Gasteiger partial charge in [-0.2, -0.15) is 0 Å². The van der Waals surface area contributed by atoms with E-state index >= 15 is 0 Å². The normalized spacial score (nSPS) is 12.5. The molecule has 0 fully saturated rings. The van der Waals surface area contributed by atoms with E-state index in [1.54, 1.807) is 12.1 Å². The van der Waals surface area contributed by atoms with E-state index in [1.165, 1.54) is 5.56 Å². The zero-order valence-electron chi connectivity index (χ0n) is 38.5. The number of aromatic hydroxyl groups is 1. The molecule has 0 saturated heterocycles. The molecule has 0 unspecified atom stereocenters. The summed E-state index contributed by atoms with van der Waals surface area (Å²) in [5.74, 6) is 1.25. The van der Waals surface area contributed by atoms with Crippen LogP contribution in [0.4, 0.5) is 0 Å². The molecular formula is C57H51N3O. The fraction of sp³-hybridized carbons (Fsp3) is 0.158. The van der Waals surface area contributed by atoms with Crippen molar-refractivity contribution in [1.29, 1.82) is 0 Å². The van der Waals surface area contributed by atoms with E-state index in [2.05, 4.69) is 161 Å². The minimum Gasteiger partial charge on any atom is -0.507 e. The molecule has 4 nitrogen and oxygen atoms in total. The fourth-order valence-electron chi connectivity index (χ4n) is 8.44. The van der Waals surface area contributed by atoms with Gasteiger partial charge in [0.2, 0.25) is 0 Å². The van der Waals surface area contributed by atoms with Crippen LogP contribution >= 0.6 is 0 Å². The van der Waals surface area contributed by atoms with Gasteiger partial charge in [0, 0.05) is 27.1 Å². The maximum absolute atomic E-state index is 12.2. The van der Waals surface area contributed by atoms with Crippen LogP contribution in [0.15, 0.2) is 164 Å². The van der Waals surface area contributed by atoms with Gasteiger partial charge < -0.3 is 5.11 Å². The van der Waals surface area contributed by atoms with Crippen molar-refractivity contribution in [2.24, 2.45) is 0 Å². The number of fused-ring (bicyclic) bond motifs is 1. The molecule has 61 heavy (non-hydrogen) atoms. The number of para-hydroxylation sites is 1. The first kappa shape index (κ1) is 35.9. The third-order valence-corrected chi connectivity index (χ3v) is 12.0. The SMILES string of the molecule is [2H]C([2H])([2H])c1ccc(-c2ccnc(-c3cc(-c4ccccc4)cc(-c4cccc5c4nc(-c4cc(C(C)C)cc(C(C)C)c4O)n5-c4cc(C)c(C)c(-c5ccccc5)c4)c3)c2)cc1. The Kier molecular flexibility index (Phi) is 9.52. The van der Waals surface area contributed by atoms with Crippen LogP contribution in [-0.2, 0) is 0 Å². The van der Waals surface area contributed by atoms with Crippen molar-refractivity contribution in [3.05, 3.63) is 192 Å². The maximum Gasteiger partial charge on any atom is 0.149 e. The first-order valence-electron chi connectivity index (χ1n) is 22.6. The molecule has 2 heterocycles. The minimum absolute atomic E-state index is 0.0944. The summed E-state index contributed by atoms with van der Waals surface area (Å²) in [6, 6.07) is 53.6. The Hall–Kier alpha value is -7.04. The number of aromatic nitrogens is 3. The van der Waals surface area contributed by atoms with Crippen LogP contribution in [0.2, 0.25) is 0 Å². The molecule has 0 aliphatic carbocycles. The second kappa shape index (κ2) is 16.2. The van der Waals surface area contributed by atoms with E-state index in [-0.39, 0.29) is 17.6 Å². The molecule has 0 spiro atoms. The zero-order valence-corrected chi connectivity index (χ0v) is 35.5. The van der Waals surface area contributed by atoms with Gasteiger partial charge in [0.05, 0.1) is 22.3 Å². The molecule has 0 amide bonds. The lowest BCUT2D eigenvalue weighted by Crippen LogP contribution is -2.03. The lowest BCUT2D eigenvalue weighted by atomic mass is 9.91. The van der Waals surface area contributed by atoms with Crippen molar-refractivity contribution in [2.45, 2.75) is 60.2 Å². The molecule has 0 atom stereocenters. The van der Waals surface area contributed by atoms with Crippen molar-refractivity contribution in [2.75, 3.05) is 0 Å². The Morgan fingerprint density at radius 1 is 0.557 bits per heavy atom. The number of aryl methyl sites for hydroxylation is 2. The van der Waals surface area contributed by atoms with Crippen molar-refractivity contribution >= 4 is 11.0 Å². The highest BCUT2D eigenvalue weighted by molar-refractivity contribution is 5.98. The average molecular weight is 797 g/mol. The average Bonchev–Trinajstić information content (AvgIpc) is 3.69. The molecule has 0 saturated carbocycles. The number of hydrogen-bond acceptors (Lipinski definition) is 3. The number of rotatable bonds is 9. The van der Waals surface area contributed by atoms with Gasteiger partial charge in [-0.3, -0.25) is 9.55 Å². The Morgan fingerprint density at radius 2 is 1.25 bits per heavy atom. The molecule has 300 valence electrons. The van der Waals surface area contributed by atoms with Gasteiger partial charge in [-0.25, -0.2) is 4.98 Å². The van der Waals surface area contributed by atoms with Crippen LogP contribution < -0.4 is 0 Å². The van der Waals surface area contributed by atoms with Crippen molar-refractivity contribution < 1.29 is 9.22 Å². The van der Waals surface area contributed by atoms with E-state index in [0.717, 1.165) is 89.2 Å². The molecule has 4 heteroatoms. The number of imidazole rings is 1. The van der Waals surface area contributed by atoms with E-state index < -0.39 is 6.85 Å². The fourth-order valence-corrected chi connectivity index (χ4v) is 8.44. The van der Waals surface area contributed by atoms with Crippen LogP contribution in [0.5, 0.6) is 5.75 Å². The lowest BCUT2D eigenvalue weighted by molar-refractivity contribution is 0.466. The quantitative estimate of drug-likeness (QED) is 0.158. The Bertz CT molecular complexity index is 3170. The molecule has 2 aromatic heterocycles. The number of nitrogens with zero attached hydrogens (tertiary/aromatic N) is 3. The van der Waals surface area contributed by atoms with E-state index in [0.29, 0.717) is 17.0 Å². The summed E-state index contributed by atoms with van der Waals surface area (Å²) in [6.45, 7) is 10.8. The van der Waals surface area contributed by atoms with Gasteiger partial charge in [0.25, 0.3) is 0 Å². The van der Waals surface area contributed by atoms with E-state index in [4.69, 9.17) is 14.1 Å². The minimum atomic E-state index is -2.17. The molecule has 9 aromatic rings. The third-order valence-electron chi connectivity index (χ3n) is 12.0. The monoisotopic (exact) mass is 796 g/mol. The summed E-state index contributed by atoms with van der Waals surface area (Å²) in [5, 5.41) is 12.2. The molecule has 7 aromatic carbocycles. The van der Waals surface area contributed by atoms with Gasteiger partial charge in [-0.15, -0.1) is 0 Å². The highest BCUT2D eigenvalue weighted by Gasteiger charge is 2.24. The molecule has 0 radical (unpaired) electrons. The smallest absolute Gasteiger partial charge is 0.149 e. The highest BCUT2D eigenvalue weighted by Crippen LogP contribution is 2.44. The molecule has 0 aliphatic heterocycles. The predicted octanol–water partition coefficient (Wildman–Crippen LogP) is 15.3. The molecular weight excluding hydrogens is 743 g/mol. The predicted molar refractivity (Wildman–Crippen MR) is 256 cm³/mol.